The molecule has 180 valence electrons. The number of aromatic amines is 2. The SMILES string of the molecule is Cc1cc(C2=NCC(C)(C)N2)cc2[nH]c(-c3c(NCC(O)c4cccc(F)c4)cc[nH]c3=O)nc12. The molecule has 0 spiro atoms. The molecule has 9 heteroatoms. The van der Waals surface area contributed by atoms with Gasteiger partial charge >= 0.3 is 0 Å². The lowest BCUT2D eigenvalue weighted by atomic mass is 10.1. The number of benzene rings is 2. The minimum absolute atomic E-state index is 0.0879. The van der Waals surface area contributed by atoms with Crippen LogP contribution in [0.4, 0.5) is 10.1 Å². The van der Waals surface area contributed by atoms with Crippen molar-refractivity contribution < 1.29 is 9.50 Å². The molecule has 0 radical (unpaired) electrons. The molecule has 1 atom stereocenters. The second-order valence-electron chi connectivity index (χ2n) is 9.50. The monoisotopic (exact) mass is 474 g/mol. The van der Waals surface area contributed by atoms with E-state index in [4.69, 9.17) is 4.98 Å². The van der Waals surface area contributed by atoms with Crippen LogP contribution in [0, 0.1) is 12.7 Å². The molecule has 35 heavy (non-hydrogen) atoms. The van der Waals surface area contributed by atoms with Gasteiger partial charge in [0.05, 0.1) is 34.9 Å². The highest BCUT2D eigenvalue weighted by atomic mass is 19.1. The molecule has 0 saturated heterocycles. The molecule has 5 rings (SSSR count). The van der Waals surface area contributed by atoms with Crippen LogP contribution in [0.1, 0.15) is 36.6 Å². The van der Waals surface area contributed by atoms with Crippen LogP contribution in [0.15, 0.2) is 58.4 Å². The topological polar surface area (TPSA) is 118 Å². The molecule has 0 saturated carbocycles. The number of aliphatic imine (C=N–C) groups is 1. The minimum Gasteiger partial charge on any atom is -0.387 e. The van der Waals surface area contributed by atoms with Gasteiger partial charge in [0.15, 0.2) is 0 Å². The summed E-state index contributed by atoms with van der Waals surface area (Å²) < 4.78 is 13.5. The van der Waals surface area contributed by atoms with E-state index in [1.54, 1.807) is 18.2 Å². The normalized spacial score (nSPS) is 15.6. The number of rotatable bonds is 6. The summed E-state index contributed by atoms with van der Waals surface area (Å²) in [7, 11) is 0. The Bertz CT molecular complexity index is 1500. The number of hydrogen-bond donors (Lipinski definition) is 5. The number of amidine groups is 1. The van der Waals surface area contributed by atoms with Crippen LogP contribution in [0.2, 0.25) is 0 Å². The second-order valence-corrected chi connectivity index (χ2v) is 9.50. The third-order valence-corrected chi connectivity index (χ3v) is 6.06. The number of hydrogen-bond acceptors (Lipinski definition) is 6. The third kappa shape index (κ3) is 4.54. The Morgan fingerprint density at radius 3 is 2.80 bits per heavy atom. The number of anilines is 1. The molecule has 0 fully saturated rings. The highest BCUT2D eigenvalue weighted by molar-refractivity contribution is 6.03. The quantitative estimate of drug-likeness (QED) is 0.292. The molecular weight excluding hydrogens is 447 g/mol. The van der Waals surface area contributed by atoms with E-state index in [-0.39, 0.29) is 17.6 Å². The van der Waals surface area contributed by atoms with Gasteiger partial charge in [-0.1, -0.05) is 12.1 Å². The number of nitrogens with zero attached hydrogens (tertiary/aromatic N) is 2. The lowest BCUT2D eigenvalue weighted by molar-refractivity contribution is 0.191. The fraction of sp³-hybridized carbons (Fsp3) is 0.269. The Hall–Kier alpha value is -3.98. The molecule has 5 N–H and O–H groups in total. The summed E-state index contributed by atoms with van der Waals surface area (Å²) in [6, 6.07) is 11.5. The van der Waals surface area contributed by atoms with E-state index in [1.165, 1.54) is 18.3 Å². The van der Waals surface area contributed by atoms with Crippen molar-refractivity contribution in [2.24, 2.45) is 4.99 Å². The maximum absolute atomic E-state index is 13.5. The molecular formula is C26H27FN6O2. The van der Waals surface area contributed by atoms with Gasteiger partial charge < -0.3 is 25.7 Å². The van der Waals surface area contributed by atoms with Gasteiger partial charge in [-0.2, -0.15) is 0 Å². The highest BCUT2D eigenvalue weighted by Gasteiger charge is 2.26. The van der Waals surface area contributed by atoms with Gasteiger partial charge in [-0.25, -0.2) is 9.37 Å². The van der Waals surface area contributed by atoms with Crippen molar-refractivity contribution in [3.05, 3.63) is 81.5 Å². The summed E-state index contributed by atoms with van der Waals surface area (Å²) in [5.41, 5.74) is 4.32. The van der Waals surface area contributed by atoms with E-state index in [9.17, 15) is 14.3 Å². The molecule has 0 bridgehead atoms. The first-order chi connectivity index (χ1) is 16.7. The molecule has 3 heterocycles. The Morgan fingerprint density at radius 2 is 2.06 bits per heavy atom. The minimum atomic E-state index is -0.956. The van der Waals surface area contributed by atoms with Crippen LogP contribution in [-0.2, 0) is 0 Å². The van der Waals surface area contributed by atoms with E-state index in [0.717, 1.165) is 28.0 Å². The molecule has 1 aliphatic heterocycles. The van der Waals surface area contributed by atoms with Gasteiger partial charge in [-0.3, -0.25) is 9.79 Å². The van der Waals surface area contributed by atoms with Crippen LogP contribution >= 0.6 is 0 Å². The van der Waals surface area contributed by atoms with Crippen LogP contribution in [-0.4, -0.2) is 44.5 Å². The summed E-state index contributed by atoms with van der Waals surface area (Å²) >= 11 is 0. The number of fused-ring (bicyclic) bond motifs is 1. The Labute approximate surface area is 201 Å². The van der Waals surface area contributed by atoms with Gasteiger partial charge in [-0.05, 0) is 62.2 Å². The molecule has 8 nitrogen and oxygen atoms in total. The summed E-state index contributed by atoms with van der Waals surface area (Å²) in [6.07, 6.45) is 0.572. The maximum atomic E-state index is 13.5. The van der Waals surface area contributed by atoms with E-state index >= 15 is 0 Å². The van der Waals surface area contributed by atoms with Crippen molar-refractivity contribution in [2.45, 2.75) is 32.4 Å². The van der Waals surface area contributed by atoms with Gasteiger partial charge in [0.2, 0.25) is 0 Å². The average Bonchev–Trinajstić information content (AvgIpc) is 3.40. The molecule has 0 amide bonds. The second kappa shape index (κ2) is 8.66. The van der Waals surface area contributed by atoms with E-state index in [1.807, 2.05) is 19.1 Å². The van der Waals surface area contributed by atoms with Crippen LogP contribution < -0.4 is 16.2 Å². The molecule has 2 aromatic heterocycles. The van der Waals surface area contributed by atoms with Crippen LogP contribution in [0.25, 0.3) is 22.4 Å². The Morgan fingerprint density at radius 1 is 1.23 bits per heavy atom. The molecule has 0 aliphatic carbocycles. The van der Waals surface area contributed by atoms with E-state index in [0.29, 0.717) is 29.2 Å². The predicted octanol–water partition coefficient (Wildman–Crippen LogP) is 3.64. The van der Waals surface area contributed by atoms with Crippen molar-refractivity contribution in [1.82, 2.24) is 20.3 Å². The number of aliphatic hydroxyl groups excluding tert-OH is 1. The summed E-state index contributed by atoms with van der Waals surface area (Å²) in [5, 5.41) is 17.1. The first kappa shape index (κ1) is 22.8. The fourth-order valence-electron chi connectivity index (χ4n) is 4.28. The standard InChI is InChI=1S/C26H27FN6O2/c1-14-9-16(23-30-13-26(2,3)33-23)11-19-22(14)32-24(31-19)21-18(7-8-28-25(21)35)29-12-20(34)15-5-4-6-17(27)10-15/h4-11,20,34H,12-13H2,1-3H3,(H,30,33)(H,31,32)(H2,28,29,35). The van der Waals surface area contributed by atoms with Crippen LogP contribution in [0.5, 0.6) is 0 Å². The fourth-order valence-corrected chi connectivity index (χ4v) is 4.28. The predicted molar refractivity (Wildman–Crippen MR) is 135 cm³/mol. The smallest absolute Gasteiger partial charge is 0.261 e. The summed E-state index contributed by atoms with van der Waals surface area (Å²) in [4.78, 5) is 28.1. The van der Waals surface area contributed by atoms with Gasteiger partial charge in [-0.15, -0.1) is 0 Å². The number of imidazole rings is 1. The number of halogens is 1. The number of aromatic nitrogens is 3. The van der Waals surface area contributed by atoms with Gasteiger partial charge in [0.25, 0.3) is 5.56 Å². The van der Waals surface area contributed by atoms with E-state index in [2.05, 4.69) is 39.4 Å². The average molecular weight is 475 g/mol. The van der Waals surface area contributed by atoms with Crippen molar-refractivity contribution in [3.8, 4) is 11.4 Å². The molecule has 1 unspecified atom stereocenters. The zero-order valence-corrected chi connectivity index (χ0v) is 19.7. The zero-order chi connectivity index (χ0) is 24.7. The first-order valence-electron chi connectivity index (χ1n) is 11.4. The largest absolute Gasteiger partial charge is 0.387 e. The zero-order valence-electron chi connectivity index (χ0n) is 19.7. The van der Waals surface area contributed by atoms with Crippen molar-refractivity contribution in [2.75, 3.05) is 18.4 Å². The lowest BCUT2D eigenvalue weighted by Gasteiger charge is -2.18. The van der Waals surface area contributed by atoms with Gasteiger partial charge in [0.1, 0.15) is 23.0 Å². The number of H-pyrrole nitrogens is 2. The number of pyridine rings is 1. The molecule has 1 aliphatic rings. The summed E-state index contributed by atoms with van der Waals surface area (Å²) in [5.74, 6) is 0.826. The van der Waals surface area contributed by atoms with Crippen molar-refractivity contribution in [3.63, 3.8) is 0 Å². The van der Waals surface area contributed by atoms with Crippen molar-refractivity contribution in [1.29, 1.82) is 0 Å². The molecule has 2 aromatic carbocycles. The maximum Gasteiger partial charge on any atom is 0.261 e. The number of aryl methyl sites for hydroxylation is 1. The molecule has 4 aromatic rings. The first-order valence-corrected chi connectivity index (χ1v) is 11.4. The lowest BCUT2D eigenvalue weighted by Crippen LogP contribution is -2.39. The number of nitrogens with one attached hydrogen (secondary N) is 4. The van der Waals surface area contributed by atoms with Gasteiger partial charge in [0, 0.05) is 18.3 Å². The summed E-state index contributed by atoms with van der Waals surface area (Å²) in [6.45, 7) is 6.96. The number of aliphatic hydroxyl groups is 1. The Balaban J connectivity index is 1.47. The van der Waals surface area contributed by atoms with E-state index < -0.39 is 11.9 Å². The third-order valence-electron chi connectivity index (χ3n) is 6.06. The highest BCUT2D eigenvalue weighted by Crippen LogP contribution is 2.28. The van der Waals surface area contributed by atoms with Crippen molar-refractivity contribution >= 4 is 22.6 Å². The Kier molecular flexibility index (Phi) is 5.64. The van der Waals surface area contributed by atoms with Crippen LogP contribution in [0.3, 0.4) is 0 Å².